The second kappa shape index (κ2) is 8.04. The van der Waals surface area contributed by atoms with Gasteiger partial charge in [0.15, 0.2) is 5.16 Å². The lowest BCUT2D eigenvalue weighted by Crippen LogP contribution is -2.01. The zero-order chi connectivity index (χ0) is 19.5. The maximum absolute atomic E-state index is 11.0. The molecule has 0 N–H and O–H groups in total. The van der Waals surface area contributed by atoms with E-state index in [0.29, 0.717) is 17.3 Å². The Morgan fingerprint density at radius 1 is 1.00 bits per heavy atom. The average molecular weight is 410 g/mol. The van der Waals surface area contributed by atoms with E-state index in [2.05, 4.69) is 16.7 Å². The van der Waals surface area contributed by atoms with Gasteiger partial charge < -0.3 is 4.57 Å². The van der Waals surface area contributed by atoms with Crippen LogP contribution in [0.5, 0.6) is 0 Å². The first kappa shape index (κ1) is 18.5. The minimum absolute atomic E-state index is 0.0997. The molecule has 4 rings (SSSR count). The van der Waals surface area contributed by atoms with Crippen LogP contribution in [0.2, 0.25) is 5.02 Å². The van der Waals surface area contributed by atoms with E-state index < -0.39 is 0 Å². The molecule has 4 aromatic rings. The minimum atomic E-state index is -0.374. The van der Waals surface area contributed by atoms with Crippen molar-refractivity contribution in [1.82, 2.24) is 9.55 Å². The van der Waals surface area contributed by atoms with Gasteiger partial charge in [0.05, 0.1) is 22.5 Å². The lowest BCUT2D eigenvalue weighted by molar-refractivity contribution is -0.384. The van der Waals surface area contributed by atoms with E-state index in [1.165, 1.54) is 11.6 Å². The van der Waals surface area contributed by atoms with Crippen LogP contribution in [0.25, 0.3) is 11.0 Å². The molecule has 1 heterocycles. The second-order valence-electron chi connectivity index (χ2n) is 6.31. The Morgan fingerprint density at radius 3 is 2.57 bits per heavy atom. The van der Waals surface area contributed by atoms with Gasteiger partial charge >= 0.3 is 0 Å². The number of nitro benzene ring substituents is 1. The Bertz CT molecular complexity index is 1150. The van der Waals surface area contributed by atoms with Crippen molar-refractivity contribution >= 4 is 40.1 Å². The molecule has 0 aliphatic carbocycles. The molecule has 1 aromatic heterocycles. The summed E-state index contributed by atoms with van der Waals surface area (Å²) in [7, 11) is 0. The van der Waals surface area contributed by atoms with Gasteiger partial charge in [-0.1, -0.05) is 65.8 Å². The van der Waals surface area contributed by atoms with E-state index in [-0.39, 0.29) is 10.6 Å². The van der Waals surface area contributed by atoms with Crippen LogP contribution in [0.1, 0.15) is 11.1 Å². The molecule has 140 valence electrons. The molecule has 0 fully saturated rings. The van der Waals surface area contributed by atoms with Crippen LogP contribution in [0.4, 0.5) is 5.69 Å². The largest absolute Gasteiger partial charge is 0.314 e. The first-order valence-electron chi connectivity index (χ1n) is 8.66. The topological polar surface area (TPSA) is 61.0 Å². The molecule has 0 saturated heterocycles. The lowest BCUT2D eigenvalue weighted by atomic mass is 10.2. The van der Waals surface area contributed by atoms with Crippen molar-refractivity contribution in [2.45, 2.75) is 17.5 Å². The van der Waals surface area contributed by atoms with Crippen molar-refractivity contribution in [2.24, 2.45) is 0 Å². The number of nitrogens with zero attached hydrogens (tertiary/aromatic N) is 3. The summed E-state index contributed by atoms with van der Waals surface area (Å²) in [4.78, 5) is 15.4. The smallest absolute Gasteiger partial charge is 0.269 e. The number of thioether (sulfide) groups is 1. The third kappa shape index (κ3) is 4.03. The molecule has 0 spiro atoms. The Balaban J connectivity index is 1.66. The summed E-state index contributed by atoms with van der Waals surface area (Å²) >= 11 is 7.70. The highest BCUT2D eigenvalue weighted by Crippen LogP contribution is 2.30. The van der Waals surface area contributed by atoms with E-state index in [9.17, 15) is 10.1 Å². The number of imidazole rings is 1. The van der Waals surface area contributed by atoms with Crippen molar-refractivity contribution in [2.75, 3.05) is 0 Å². The number of hydrogen-bond donors (Lipinski definition) is 0. The Hall–Kier alpha value is -2.83. The van der Waals surface area contributed by atoms with Gasteiger partial charge in [-0.3, -0.25) is 10.1 Å². The molecule has 0 saturated carbocycles. The normalized spacial score (nSPS) is 11.0. The number of nitro groups is 1. The third-order valence-corrected chi connectivity index (χ3v) is 5.63. The quantitative estimate of drug-likeness (QED) is 0.224. The summed E-state index contributed by atoms with van der Waals surface area (Å²) in [6.45, 7) is 0.691. The number of rotatable bonds is 6. The first-order chi connectivity index (χ1) is 13.6. The Morgan fingerprint density at radius 2 is 1.79 bits per heavy atom. The molecule has 28 heavy (non-hydrogen) atoms. The van der Waals surface area contributed by atoms with Crippen molar-refractivity contribution in [3.05, 3.63) is 99.1 Å². The summed E-state index contributed by atoms with van der Waals surface area (Å²) in [5.41, 5.74) is 4.01. The second-order valence-corrected chi connectivity index (χ2v) is 7.69. The van der Waals surface area contributed by atoms with Crippen molar-refractivity contribution in [1.29, 1.82) is 0 Å². The first-order valence-corrected chi connectivity index (χ1v) is 10.0. The molecule has 0 unspecified atom stereocenters. The van der Waals surface area contributed by atoms with Crippen LogP contribution in [0.3, 0.4) is 0 Å². The molecule has 3 aromatic carbocycles. The third-order valence-electron chi connectivity index (χ3n) is 4.35. The molecular weight excluding hydrogens is 394 g/mol. The number of non-ortho nitro benzene ring substituents is 1. The van der Waals surface area contributed by atoms with E-state index >= 15 is 0 Å². The van der Waals surface area contributed by atoms with E-state index in [0.717, 1.165) is 21.8 Å². The van der Waals surface area contributed by atoms with Gasteiger partial charge in [0, 0.05) is 22.9 Å². The predicted octanol–water partition coefficient (Wildman–Crippen LogP) is 5.94. The standard InChI is InChI=1S/C21H16ClN3O2S/c22-17-9-10-20-19(12-17)23-21(24(20)13-15-5-2-1-3-6-15)28-14-16-7-4-8-18(11-16)25(26)27/h1-12H,13-14H2. The maximum Gasteiger partial charge on any atom is 0.269 e. The zero-order valence-corrected chi connectivity index (χ0v) is 16.4. The SMILES string of the molecule is O=[N+]([O-])c1cccc(CSc2nc3cc(Cl)ccc3n2Cc2ccccc2)c1. The lowest BCUT2D eigenvalue weighted by Gasteiger charge is -2.09. The molecule has 0 atom stereocenters. The fraction of sp³-hybridized carbons (Fsp3) is 0.0952. The molecule has 0 amide bonds. The highest BCUT2D eigenvalue weighted by molar-refractivity contribution is 7.98. The van der Waals surface area contributed by atoms with Gasteiger partial charge in [-0.15, -0.1) is 0 Å². The van der Waals surface area contributed by atoms with Crippen molar-refractivity contribution < 1.29 is 4.92 Å². The summed E-state index contributed by atoms with van der Waals surface area (Å²) in [6.07, 6.45) is 0. The molecule has 0 bridgehead atoms. The van der Waals surface area contributed by atoms with Gasteiger partial charge in [-0.2, -0.15) is 0 Å². The highest BCUT2D eigenvalue weighted by Gasteiger charge is 2.13. The molecule has 5 nitrogen and oxygen atoms in total. The van der Waals surface area contributed by atoms with Crippen molar-refractivity contribution in [3.63, 3.8) is 0 Å². The van der Waals surface area contributed by atoms with Gasteiger partial charge in [-0.05, 0) is 29.3 Å². The van der Waals surface area contributed by atoms with Gasteiger partial charge in [0.1, 0.15) is 0 Å². The van der Waals surface area contributed by atoms with Crippen LogP contribution >= 0.6 is 23.4 Å². The fourth-order valence-corrected chi connectivity index (χ4v) is 4.14. The molecular formula is C21H16ClN3O2S. The van der Waals surface area contributed by atoms with Crippen LogP contribution in [0.15, 0.2) is 78.0 Å². The van der Waals surface area contributed by atoms with E-state index in [1.54, 1.807) is 23.9 Å². The number of benzene rings is 3. The highest BCUT2D eigenvalue weighted by atomic mass is 35.5. The zero-order valence-electron chi connectivity index (χ0n) is 14.8. The van der Waals surface area contributed by atoms with Gasteiger partial charge in [-0.25, -0.2) is 4.98 Å². The maximum atomic E-state index is 11.0. The number of fused-ring (bicyclic) bond motifs is 1. The number of halogens is 1. The van der Waals surface area contributed by atoms with E-state index in [4.69, 9.17) is 16.6 Å². The summed E-state index contributed by atoms with van der Waals surface area (Å²) in [6, 6.07) is 22.6. The summed E-state index contributed by atoms with van der Waals surface area (Å²) in [5.74, 6) is 0.591. The summed E-state index contributed by atoms with van der Waals surface area (Å²) in [5, 5.41) is 12.5. The molecule has 0 aliphatic rings. The molecule has 0 radical (unpaired) electrons. The fourth-order valence-electron chi connectivity index (χ4n) is 3.02. The average Bonchev–Trinajstić information content (AvgIpc) is 3.04. The van der Waals surface area contributed by atoms with Crippen LogP contribution in [-0.4, -0.2) is 14.5 Å². The Labute approximate surface area is 171 Å². The van der Waals surface area contributed by atoms with Crippen molar-refractivity contribution in [3.8, 4) is 0 Å². The monoisotopic (exact) mass is 409 g/mol. The summed E-state index contributed by atoms with van der Waals surface area (Å²) < 4.78 is 2.16. The van der Waals surface area contributed by atoms with E-state index in [1.807, 2.05) is 42.5 Å². The number of aromatic nitrogens is 2. The predicted molar refractivity (Wildman–Crippen MR) is 113 cm³/mol. The minimum Gasteiger partial charge on any atom is -0.314 e. The molecule has 0 aliphatic heterocycles. The van der Waals surface area contributed by atoms with Gasteiger partial charge in [0.25, 0.3) is 5.69 Å². The van der Waals surface area contributed by atoms with Crippen LogP contribution in [-0.2, 0) is 12.3 Å². The molecule has 7 heteroatoms. The van der Waals surface area contributed by atoms with Gasteiger partial charge in [0.2, 0.25) is 0 Å². The van der Waals surface area contributed by atoms with Crippen LogP contribution in [0, 0.1) is 10.1 Å². The Kier molecular flexibility index (Phi) is 5.32. The number of hydrogen-bond acceptors (Lipinski definition) is 4. The van der Waals surface area contributed by atoms with Crippen LogP contribution < -0.4 is 0 Å².